The minimum Gasteiger partial charge on any atom is -0.496 e. The highest BCUT2D eigenvalue weighted by Crippen LogP contribution is 2.35. The quantitative estimate of drug-likeness (QED) is 0.671. The maximum absolute atomic E-state index is 11.6. The molecule has 0 amide bonds. The molecule has 2 aromatic heterocycles. The summed E-state index contributed by atoms with van der Waals surface area (Å²) < 4.78 is 20.8. The van der Waals surface area contributed by atoms with Gasteiger partial charge in [0, 0.05) is 29.5 Å². The van der Waals surface area contributed by atoms with E-state index in [4.69, 9.17) is 14.2 Å². The molecule has 134 valence electrons. The van der Waals surface area contributed by atoms with Crippen LogP contribution < -0.4 is 14.2 Å². The van der Waals surface area contributed by atoms with E-state index >= 15 is 0 Å². The number of carbonyl (C=O) groups is 1. The summed E-state index contributed by atoms with van der Waals surface area (Å²) >= 11 is 0. The van der Waals surface area contributed by atoms with Crippen molar-refractivity contribution in [3.63, 3.8) is 0 Å². The van der Waals surface area contributed by atoms with Crippen LogP contribution in [0.1, 0.15) is 10.5 Å². The van der Waals surface area contributed by atoms with Gasteiger partial charge in [-0.1, -0.05) is 5.21 Å². The summed E-state index contributed by atoms with van der Waals surface area (Å²) in [5, 5.41) is 9.73. The zero-order valence-corrected chi connectivity index (χ0v) is 14.3. The Morgan fingerprint density at radius 1 is 1.08 bits per heavy atom. The molecule has 0 aliphatic carbocycles. The SMILES string of the molecule is COC(=O)c1nn[nH]c1Oc1ccc(-c2ccc(OC)nc2)c(OC)c1. The third kappa shape index (κ3) is 3.41. The summed E-state index contributed by atoms with van der Waals surface area (Å²) in [6, 6.07) is 8.86. The number of hydrogen-bond donors (Lipinski definition) is 1. The number of carbonyl (C=O) groups excluding carboxylic acids is 1. The predicted molar refractivity (Wildman–Crippen MR) is 90.6 cm³/mol. The van der Waals surface area contributed by atoms with Crippen molar-refractivity contribution < 1.29 is 23.7 Å². The Bertz CT molecular complexity index is 908. The van der Waals surface area contributed by atoms with Crippen LogP contribution in [-0.2, 0) is 4.74 Å². The molecule has 9 heteroatoms. The van der Waals surface area contributed by atoms with Crippen LogP contribution in [0.25, 0.3) is 11.1 Å². The van der Waals surface area contributed by atoms with Crippen LogP contribution in [0, 0.1) is 0 Å². The second kappa shape index (κ2) is 7.51. The van der Waals surface area contributed by atoms with Crippen LogP contribution in [-0.4, -0.2) is 47.7 Å². The first-order valence-corrected chi connectivity index (χ1v) is 7.52. The average Bonchev–Trinajstić information content (AvgIpc) is 3.15. The van der Waals surface area contributed by atoms with E-state index in [1.807, 2.05) is 12.1 Å². The molecule has 0 saturated heterocycles. The summed E-state index contributed by atoms with van der Waals surface area (Å²) in [6.45, 7) is 0. The Kier molecular flexibility index (Phi) is 4.97. The monoisotopic (exact) mass is 356 g/mol. The number of hydrogen-bond acceptors (Lipinski definition) is 8. The normalized spacial score (nSPS) is 10.3. The number of nitrogens with zero attached hydrogens (tertiary/aromatic N) is 3. The molecule has 2 heterocycles. The van der Waals surface area contributed by atoms with Crippen LogP contribution >= 0.6 is 0 Å². The second-order valence-electron chi connectivity index (χ2n) is 5.03. The molecule has 0 aliphatic rings. The van der Waals surface area contributed by atoms with Gasteiger partial charge in [0.2, 0.25) is 11.6 Å². The van der Waals surface area contributed by atoms with E-state index < -0.39 is 5.97 Å². The summed E-state index contributed by atoms with van der Waals surface area (Å²) in [5.41, 5.74) is 1.63. The minimum absolute atomic E-state index is 0.0464. The van der Waals surface area contributed by atoms with Crippen molar-refractivity contribution in [3.05, 3.63) is 42.2 Å². The standard InChI is InChI=1S/C17H16N4O5/c1-23-13-8-11(26-16-15(17(22)25-3)19-21-20-16)5-6-12(13)10-4-7-14(24-2)18-9-10/h4-9H,1-3H3,(H,19,20,21). The van der Waals surface area contributed by atoms with Gasteiger partial charge in [-0.3, -0.25) is 0 Å². The highest BCUT2D eigenvalue weighted by Gasteiger charge is 2.19. The van der Waals surface area contributed by atoms with Gasteiger partial charge in [0.05, 0.1) is 21.3 Å². The lowest BCUT2D eigenvalue weighted by Gasteiger charge is -2.11. The minimum atomic E-state index is -0.651. The van der Waals surface area contributed by atoms with Gasteiger partial charge in [-0.25, -0.2) is 14.9 Å². The van der Waals surface area contributed by atoms with Gasteiger partial charge in [0.15, 0.2) is 0 Å². The molecule has 0 unspecified atom stereocenters. The Labute approximate surface area is 148 Å². The van der Waals surface area contributed by atoms with Crippen molar-refractivity contribution >= 4 is 5.97 Å². The molecular formula is C17H16N4O5. The number of rotatable bonds is 6. The van der Waals surface area contributed by atoms with Crippen LogP contribution in [0.15, 0.2) is 36.5 Å². The fraction of sp³-hybridized carbons (Fsp3) is 0.176. The number of nitrogens with one attached hydrogen (secondary N) is 1. The maximum Gasteiger partial charge on any atom is 0.364 e. The van der Waals surface area contributed by atoms with Crippen molar-refractivity contribution in [2.75, 3.05) is 21.3 Å². The van der Waals surface area contributed by atoms with E-state index in [9.17, 15) is 4.79 Å². The average molecular weight is 356 g/mol. The first-order chi connectivity index (χ1) is 12.7. The summed E-state index contributed by atoms with van der Waals surface area (Å²) in [5.74, 6) is 0.957. The number of methoxy groups -OCH3 is 3. The van der Waals surface area contributed by atoms with E-state index in [1.54, 1.807) is 38.6 Å². The zero-order valence-electron chi connectivity index (χ0n) is 14.3. The molecule has 0 bridgehead atoms. The zero-order chi connectivity index (χ0) is 18.5. The number of esters is 1. The van der Waals surface area contributed by atoms with Crippen LogP contribution in [0.5, 0.6) is 23.3 Å². The van der Waals surface area contributed by atoms with Gasteiger partial charge >= 0.3 is 5.97 Å². The number of ether oxygens (including phenoxy) is 4. The molecule has 0 atom stereocenters. The number of benzene rings is 1. The molecule has 0 saturated carbocycles. The Morgan fingerprint density at radius 2 is 1.92 bits per heavy atom. The van der Waals surface area contributed by atoms with E-state index in [0.29, 0.717) is 17.4 Å². The fourth-order valence-corrected chi connectivity index (χ4v) is 2.27. The van der Waals surface area contributed by atoms with Gasteiger partial charge in [0.25, 0.3) is 5.88 Å². The largest absolute Gasteiger partial charge is 0.496 e. The molecule has 0 spiro atoms. The number of pyridine rings is 1. The number of aromatic amines is 1. The summed E-state index contributed by atoms with van der Waals surface area (Å²) in [4.78, 5) is 15.8. The molecule has 3 aromatic rings. The van der Waals surface area contributed by atoms with E-state index in [0.717, 1.165) is 11.1 Å². The summed E-state index contributed by atoms with van der Waals surface area (Å²) in [7, 11) is 4.36. The molecule has 1 N–H and O–H groups in total. The number of aromatic nitrogens is 4. The van der Waals surface area contributed by atoms with Crippen LogP contribution in [0.3, 0.4) is 0 Å². The predicted octanol–water partition coefficient (Wildman–Crippen LogP) is 2.46. The topological polar surface area (TPSA) is 108 Å². The van der Waals surface area contributed by atoms with Gasteiger partial charge in [-0.2, -0.15) is 0 Å². The maximum atomic E-state index is 11.6. The third-order valence-electron chi connectivity index (χ3n) is 3.54. The van der Waals surface area contributed by atoms with Gasteiger partial charge in [0.1, 0.15) is 11.5 Å². The van der Waals surface area contributed by atoms with E-state index in [2.05, 4.69) is 25.1 Å². The van der Waals surface area contributed by atoms with Crippen LogP contribution in [0.2, 0.25) is 0 Å². The molecule has 0 radical (unpaired) electrons. The first-order valence-electron chi connectivity index (χ1n) is 7.52. The summed E-state index contributed by atoms with van der Waals surface area (Å²) in [6.07, 6.45) is 1.69. The Balaban J connectivity index is 1.89. The van der Waals surface area contributed by atoms with E-state index in [1.165, 1.54) is 7.11 Å². The molecule has 3 rings (SSSR count). The fourth-order valence-electron chi connectivity index (χ4n) is 2.27. The Hall–Kier alpha value is -3.62. The van der Waals surface area contributed by atoms with Gasteiger partial charge in [-0.15, -0.1) is 5.10 Å². The second-order valence-corrected chi connectivity index (χ2v) is 5.03. The van der Waals surface area contributed by atoms with Crippen molar-refractivity contribution in [2.24, 2.45) is 0 Å². The third-order valence-corrected chi connectivity index (χ3v) is 3.54. The Morgan fingerprint density at radius 3 is 2.58 bits per heavy atom. The molecular weight excluding hydrogens is 340 g/mol. The van der Waals surface area contributed by atoms with Crippen molar-refractivity contribution in [1.29, 1.82) is 0 Å². The lowest BCUT2D eigenvalue weighted by atomic mass is 10.1. The van der Waals surface area contributed by atoms with Crippen molar-refractivity contribution in [1.82, 2.24) is 20.4 Å². The molecule has 0 aliphatic heterocycles. The van der Waals surface area contributed by atoms with Crippen molar-refractivity contribution in [3.8, 4) is 34.4 Å². The highest BCUT2D eigenvalue weighted by molar-refractivity contribution is 5.89. The lowest BCUT2D eigenvalue weighted by molar-refractivity contribution is 0.0591. The van der Waals surface area contributed by atoms with Gasteiger partial charge < -0.3 is 18.9 Å². The van der Waals surface area contributed by atoms with E-state index in [-0.39, 0.29) is 11.6 Å². The number of H-pyrrole nitrogens is 1. The molecule has 9 nitrogen and oxygen atoms in total. The molecule has 1 aromatic carbocycles. The van der Waals surface area contributed by atoms with Gasteiger partial charge in [-0.05, 0) is 18.2 Å². The molecule has 26 heavy (non-hydrogen) atoms. The molecule has 0 fully saturated rings. The smallest absolute Gasteiger partial charge is 0.364 e. The first kappa shape index (κ1) is 17.2. The lowest BCUT2D eigenvalue weighted by Crippen LogP contribution is -2.03. The highest BCUT2D eigenvalue weighted by atomic mass is 16.5. The van der Waals surface area contributed by atoms with Crippen LogP contribution in [0.4, 0.5) is 0 Å². The van der Waals surface area contributed by atoms with Crippen molar-refractivity contribution in [2.45, 2.75) is 0 Å².